The van der Waals surface area contributed by atoms with E-state index in [1.54, 1.807) is 7.11 Å². The van der Waals surface area contributed by atoms with E-state index in [2.05, 4.69) is 21.4 Å². The molecule has 1 aromatic carbocycles. The average Bonchev–Trinajstić information content (AvgIpc) is 2.17. The van der Waals surface area contributed by atoms with E-state index in [-0.39, 0.29) is 6.04 Å². The van der Waals surface area contributed by atoms with Crippen LogP contribution in [0.2, 0.25) is 0 Å². The monoisotopic (exact) mass is 244 g/mol. The number of benzene rings is 1. The lowest BCUT2D eigenvalue weighted by Gasteiger charge is -2.13. The van der Waals surface area contributed by atoms with Crippen LogP contribution in [0.4, 0.5) is 0 Å². The van der Waals surface area contributed by atoms with Gasteiger partial charge in [-0.1, -0.05) is 15.9 Å². The number of hydrogen-bond donors (Lipinski definition) is 2. The van der Waals surface area contributed by atoms with Gasteiger partial charge in [-0.25, -0.2) is 0 Å². The Balaban J connectivity index is 3.03. The highest BCUT2D eigenvalue weighted by molar-refractivity contribution is 9.10. The molecule has 0 heterocycles. The zero-order valence-electron chi connectivity index (χ0n) is 7.67. The van der Waals surface area contributed by atoms with Crippen molar-refractivity contribution in [3.63, 3.8) is 0 Å². The molecule has 1 unspecified atom stereocenters. The van der Waals surface area contributed by atoms with Crippen LogP contribution in [-0.4, -0.2) is 7.11 Å². The first-order chi connectivity index (χ1) is 6.19. The highest BCUT2D eigenvalue weighted by Gasteiger charge is 2.08. The van der Waals surface area contributed by atoms with Crippen molar-refractivity contribution in [2.75, 3.05) is 7.11 Å². The van der Waals surface area contributed by atoms with E-state index >= 15 is 0 Å². The highest BCUT2D eigenvalue weighted by Crippen LogP contribution is 2.26. The van der Waals surface area contributed by atoms with E-state index in [1.807, 2.05) is 25.1 Å². The minimum absolute atomic E-state index is 0.101. The van der Waals surface area contributed by atoms with E-state index in [1.165, 1.54) is 0 Å². The molecule has 0 amide bonds. The van der Waals surface area contributed by atoms with E-state index in [4.69, 9.17) is 10.6 Å². The molecular weight excluding hydrogens is 232 g/mol. The highest BCUT2D eigenvalue weighted by atomic mass is 79.9. The smallest absolute Gasteiger partial charge is 0.119 e. The zero-order chi connectivity index (χ0) is 9.84. The van der Waals surface area contributed by atoms with Gasteiger partial charge in [0.1, 0.15) is 5.75 Å². The maximum absolute atomic E-state index is 5.35. The van der Waals surface area contributed by atoms with E-state index in [9.17, 15) is 0 Å². The summed E-state index contributed by atoms with van der Waals surface area (Å²) in [6.07, 6.45) is 0. The van der Waals surface area contributed by atoms with Crippen LogP contribution in [0, 0.1) is 0 Å². The third kappa shape index (κ3) is 2.43. The first-order valence-corrected chi connectivity index (χ1v) is 4.78. The van der Waals surface area contributed by atoms with E-state index < -0.39 is 0 Å². The number of nitrogens with two attached hydrogens (primary N) is 1. The lowest BCUT2D eigenvalue weighted by molar-refractivity contribution is 0.413. The SMILES string of the molecule is COc1ccc(Br)c(C(C)NN)c1. The Labute approximate surface area is 86.4 Å². The predicted octanol–water partition coefficient (Wildman–Crippen LogP) is 1.98. The number of methoxy groups -OCH3 is 1. The Kier molecular flexibility index (Phi) is 3.71. The number of hydrazine groups is 1. The molecule has 0 fully saturated rings. The van der Waals surface area contributed by atoms with Crippen molar-refractivity contribution in [3.05, 3.63) is 28.2 Å². The van der Waals surface area contributed by atoms with Gasteiger partial charge in [-0.05, 0) is 30.7 Å². The molecule has 0 aliphatic rings. The summed E-state index contributed by atoms with van der Waals surface area (Å²) in [6, 6.07) is 5.90. The van der Waals surface area contributed by atoms with Gasteiger partial charge >= 0.3 is 0 Å². The maximum atomic E-state index is 5.35. The minimum Gasteiger partial charge on any atom is -0.497 e. The van der Waals surface area contributed by atoms with Crippen molar-refractivity contribution >= 4 is 15.9 Å². The lowest BCUT2D eigenvalue weighted by Crippen LogP contribution is -2.25. The van der Waals surface area contributed by atoms with Gasteiger partial charge in [-0.3, -0.25) is 11.3 Å². The quantitative estimate of drug-likeness (QED) is 0.632. The van der Waals surface area contributed by atoms with Crippen LogP contribution in [0.3, 0.4) is 0 Å². The molecule has 0 radical (unpaired) electrons. The Morgan fingerprint density at radius 1 is 1.54 bits per heavy atom. The average molecular weight is 245 g/mol. The fourth-order valence-corrected chi connectivity index (χ4v) is 1.66. The van der Waals surface area contributed by atoms with Crippen LogP contribution in [-0.2, 0) is 0 Å². The molecule has 0 bridgehead atoms. The molecule has 1 aromatic rings. The Bertz CT molecular complexity index is 291. The van der Waals surface area contributed by atoms with Crippen LogP contribution in [0.25, 0.3) is 0 Å². The van der Waals surface area contributed by atoms with Gasteiger partial charge in [-0.2, -0.15) is 0 Å². The van der Waals surface area contributed by atoms with Gasteiger partial charge in [0, 0.05) is 10.5 Å². The Morgan fingerprint density at radius 3 is 2.77 bits per heavy atom. The van der Waals surface area contributed by atoms with Gasteiger partial charge in [0.15, 0.2) is 0 Å². The predicted molar refractivity (Wildman–Crippen MR) is 56.4 cm³/mol. The molecule has 13 heavy (non-hydrogen) atoms. The van der Waals surface area contributed by atoms with Gasteiger partial charge < -0.3 is 4.74 Å². The summed E-state index contributed by atoms with van der Waals surface area (Å²) in [5.41, 5.74) is 3.77. The standard InChI is InChI=1S/C9H13BrN2O/c1-6(12-11)8-5-7(13-2)3-4-9(8)10/h3-6,12H,11H2,1-2H3. The summed E-state index contributed by atoms with van der Waals surface area (Å²) in [7, 11) is 1.65. The van der Waals surface area contributed by atoms with Crippen molar-refractivity contribution in [2.24, 2.45) is 5.84 Å². The summed E-state index contributed by atoms with van der Waals surface area (Å²) < 4.78 is 6.14. The molecule has 3 N–H and O–H groups in total. The summed E-state index contributed by atoms with van der Waals surface area (Å²) in [6.45, 7) is 1.99. The second-order valence-electron chi connectivity index (χ2n) is 2.78. The zero-order valence-corrected chi connectivity index (χ0v) is 9.26. The van der Waals surface area contributed by atoms with Crippen molar-refractivity contribution in [3.8, 4) is 5.75 Å². The Morgan fingerprint density at radius 2 is 2.23 bits per heavy atom. The van der Waals surface area contributed by atoms with Gasteiger partial charge in [0.05, 0.1) is 7.11 Å². The molecule has 0 saturated heterocycles. The Hall–Kier alpha value is -0.580. The molecule has 0 aliphatic carbocycles. The summed E-state index contributed by atoms with van der Waals surface area (Å²) in [4.78, 5) is 0. The normalized spacial score (nSPS) is 12.6. The minimum atomic E-state index is 0.101. The first-order valence-electron chi connectivity index (χ1n) is 3.98. The molecule has 0 spiro atoms. The molecule has 4 heteroatoms. The molecule has 1 rings (SSSR count). The molecule has 1 atom stereocenters. The lowest BCUT2D eigenvalue weighted by atomic mass is 10.1. The van der Waals surface area contributed by atoms with Crippen LogP contribution in [0.5, 0.6) is 5.75 Å². The summed E-state index contributed by atoms with van der Waals surface area (Å²) in [5.74, 6) is 6.19. The van der Waals surface area contributed by atoms with E-state index in [0.29, 0.717) is 0 Å². The fraction of sp³-hybridized carbons (Fsp3) is 0.333. The number of nitrogens with one attached hydrogen (secondary N) is 1. The van der Waals surface area contributed by atoms with Crippen LogP contribution >= 0.6 is 15.9 Å². The second kappa shape index (κ2) is 4.60. The third-order valence-electron chi connectivity index (χ3n) is 1.92. The molecule has 0 aromatic heterocycles. The van der Waals surface area contributed by atoms with Crippen LogP contribution in [0.1, 0.15) is 18.5 Å². The van der Waals surface area contributed by atoms with Gasteiger partial charge in [0.2, 0.25) is 0 Å². The molecule has 0 aliphatic heterocycles. The fourth-order valence-electron chi connectivity index (χ4n) is 1.07. The molecule has 0 saturated carbocycles. The van der Waals surface area contributed by atoms with Gasteiger partial charge in [-0.15, -0.1) is 0 Å². The molecule has 3 nitrogen and oxygen atoms in total. The van der Waals surface area contributed by atoms with Crippen molar-refractivity contribution in [1.82, 2.24) is 5.43 Å². The summed E-state index contributed by atoms with van der Waals surface area (Å²) in [5, 5.41) is 0. The largest absolute Gasteiger partial charge is 0.497 e. The molecular formula is C9H13BrN2O. The van der Waals surface area contributed by atoms with Crippen LogP contribution < -0.4 is 16.0 Å². The van der Waals surface area contributed by atoms with Crippen LogP contribution in [0.15, 0.2) is 22.7 Å². The summed E-state index contributed by atoms with van der Waals surface area (Å²) >= 11 is 3.45. The maximum Gasteiger partial charge on any atom is 0.119 e. The topological polar surface area (TPSA) is 47.3 Å². The van der Waals surface area contributed by atoms with Gasteiger partial charge in [0.25, 0.3) is 0 Å². The van der Waals surface area contributed by atoms with Crippen molar-refractivity contribution < 1.29 is 4.74 Å². The molecule has 72 valence electrons. The number of hydrogen-bond acceptors (Lipinski definition) is 3. The number of rotatable bonds is 3. The van der Waals surface area contributed by atoms with Crippen molar-refractivity contribution in [1.29, 1.82) is 0 Å². The van der Waals surface area contributed by atoms with E-state index in [0.717, 1.165) is 15.8 Å². The third-order valence-corrected chi connectivity index (χ3v) is 2.64. The second-order valence-corrected chi connectivity index (χ2v) is 3.63. The first kappa shape index (κ1) is 10.5. The number of ether oxygens (including phenoxy) is 1. The number of halogens is 1. The van der Waals surface area contributed by atoms with Crippen molar-refractivity contribution in [2.45, 2.75) is 13.0 Å².